The second-order valence-electron chi connectivity index (χ2n) is 8.07. The monoisotopic (exact) mass is 412 g/mol. The zero-order valence-corrected chi connectivity index (χ0v) is 17.2. The Morgan fingerprint density at radius 2 is 1.84 bits per heavy atom. The molecule has 2 saturated heterocycles. The number of nitrogens with zero attached hydrogens (tertiary/aromatic N) is 5. The third-order valence-electron chi connectivity index (χ3n) is 6.13. The van der Waals surface area contributed by atoms with Crippen molar-refractivity contribution in [3.63, 3.8) is 0 Å². The Morgan fingerprint density at radius 3 is 2.55 bits per heavy atom. The largest absolute Gasteiger partial charge is 0.378 e. The van der Waals surface area contributed by atoms with Gasteiger partial charge in [-0.25, -0.2) is 9.97 Å². The molecule has 0 saturated carbocycles. The Morgan fingerprint density at radius 1 is 1.03 bits per heavy atom. The molecule has 1 aromatic heterocycles. The van der Waals surface area contributed by atoms with Crippen LogP contribution in [0.3, 0.4) is 0 Å². The lowest BCUT2D eigenvalue weighted by Crippen LogP contribution is -2.51. The highest BCUT2D eigenvalue weighted by molar-refractivity contribution is 5.60. The fourth-order valence-corrected chi connectivity index (χ4v) is 4.22. The van der Waals surface area contributed by atoms with E-state index in [0.29, 0.717) is 29.3 Å². The van der Waals surface area contributed by atoms with Crippen molar-refractivity contribution in [2.45, 2.75) is 24.8 Å². The molecule has 0 atom stereocenters. The van der Waals surface area contributed by atoms with Gasteiger partial charge in [-0.3, -0.25) is 4.90 Å². The van der Waals surface area contributed by atoms with Gasteiger partial charge in [0.25, 0.3) is 0 Å². The zero-order valence-electron chi connectivity index (χ0n) is 17.2. The number of piperidine rings is 1. The van der Waals surface area contributed by atoms with Crippen LogP contribution in [0.25, 0.3) is 11.4 Å². The average molecular weight is 412 g/mol. The zero-order chi connectivity index (χ0) is 21.0. The molecule has 0 radical (unpaired) electrons. The Labute approximate surface area is 181 Å². The number of hydrogen-bond donors (Lipinski definition) is 1. The SMILES string of the molecule is N#Cc1cccc(-c2ncnc(Nc3ccc(C4CCN(C5COC5)CC4)cc3)n2)c1. The van der Waals surface area contributed by atoms with Gasteiger partial charge in [-0.2, -0.15) is 10.2 Å². The number of benzene rings is 2. The average Bonchev–Trinajstić information content (AvgIpc) is 2.79. The van der Waals surface area contributed by atoms with Gasteiger partial charge in [0.2, 0.25) is 5.95 Å². The van der Waals surface area contributed by atoms with Crippen LogP contribution in [0.2, 0.25) is 0 Å². The molecule has 31 heavy (non-hydrogen) atoms. The molecular formula is C24H24N6O. The number of hydrogen-bond acceptors (Lipinski definition) is 7. The molecule has 3 aromatic rings. The van der Waals surface area contributed by atoms with Crippen molar-refractivity contribution in [2.75, 3.05) is 31.6 Å². The summed E-state index contributed by atoms with van der Waals surface area (Å²) in [4.78, 5) is 15.6. The fraction of sp³-hybridized carbons (Fsp3) is 0.333. The van der Waals surface area contributed by atoms with E-state index in [1.165, 1.54) is 24.7 Å². The molecular weight excluding hydrogens is 388 g/mol. The van der Waals surface area contributed by atoms with Gasteiger partial charge in [-0.1, -0.05) is 24.3 Å². The van der Waals surface area contributed by atoms with Crippen LogP contribution in [0.1, 0.15) is 29.9 Å². The van der Waals surface area contributed by atoms with Gasteiger partial charge in [0.15, 0.2) is 5.82 Å². The van der Waals surface area contributed by atoms with Crippen LogP contribution in [0.4, 0.5) is 11.6 Å². The van der Waals surface area contributed by atoms with E-state index in [1.807, 2.05) is 12.1 Å². The van der Waals surface area contributed by atoms with E-state index in [0.717, 1.165) is 37.6 Å². The van der Waals surface area contributed by atoms with Gasteiger partial charge in [-0.15, -0.1) is 0 Å². The normalized spacial score (nSPS) is 17.6. The number of rotatable bonds is 5. The van der Waals surface area contributed by atoms with Gasteiger partial charge in [0, 0.05) is 11.3 Å². The summed E-state index contributed by atoms with van der Waals surface area (Å²) in [6.07, 6.45) is 3.88. The van der Waals surface area contributed by atoms with Crippen LogP contribution in [0.5, 0.6) is 0 Å². The number of nitriles is 1. The summed E-state index contributed by atoms with van der Waals surface area (Å²) in [5, 5.41) is 12.4. The van der Waals surface area contributed by atoms with Crippen LogP contribution >= 0.6 is 0 Å². The number of aromatic nitrogens is 3. The van der Waals surface area contributed by atoms with E-state index in [-0.39, 0.29) is 0 Å². The molecule has 156 valence electrons. The minimum absolute atomic E-state index is 0.483. The van der Waals surface area contributed by atoms with Crippen LogP contribution < -0.4 is 5.32 Å². The number of anilines is 2. The fourth-order valence-electron chi connectivity index (χ4n) is 4.22. The molecule has 2 fully saturated rings. The molecule has 2 aliphatic rings. The second kappa shape index (κ2) is 8.80. The molecule has 1 N–H and O–H groups in total. The first-order valence-corrected chi connectivity index (χ1v) is 10.7. The first kappa shape index (κ1) is 19.6. The predicted octanol–water partition coefficient (Wildman–Crippen LogP) is 3.73. The highest BCUT2D eigenvalue weighted by Gasteiger charge is 2.29. The molecule has 5 rings (SSSR count). The summed E-state index contributed by atoms with van der Waals surface area (Å²) in [6, 6.07) is 18.6. The van der Waals surface area contributed by atoms with Gasteiger partial charge in [0.1, 0.15) is 6.33 Å². The maximum Gasteiger partial charge on any atom is 0.230 e. The van der Waals surface area contributed by atoms with E-state index in [4.69, 9.17) is 10.00 Å². The Kier molecular flexibility index (Phi) is 5.57. The van der Waals surface area contributed by atoms with Crippen molar-refractivity contribution in [1.82, 2.24) is 19.9 Å². The van der Waals surface area contributed by atoms with Gasteiger partial charge >= 0.3 is 0 Å². The summed E-state index contributed by atoms with van der Waals surface area (Å²) in [5.41, 5.74) is 3.70. The van der Waals surface area contributed by atoms with Crippen molar-refractivity contribution in [3.05, 3.63) is 66.0 Å². The summed E-state index contributed by atoms with van der Waals surface area (Å²) in [7, 11) is 0. The van der Waals surface area contributed by atoms with Gasteiger partial charge < -0.3 is 10.1 Å². The summed E-state index contributed by atoms with van der Waals surface area (Å²) >= 11 is 0. The van der Waals surface area contributed by atoms with Crippen molar-refractivity contribution < 1.29 is 4.74 Å². The Balaban J connectivity index is 1.23. The lowest BCUT2D eigenvalue weighted by atomic mass is 9.88. The molecule has 0 amide bonds. The van der Waals surface area contributed by atoms with Crippen LogP contribution in [0.15, 0.2) is 54.9 Å². The molecule has 7 heteroatoms. The van der Waals surface area contributed by atoms with E-state index < -0.39 is 0 Å². The lowest BCUT2D eigenvalue weighted by molar-refractivity contribution is -0.0712. The van der Waals surface area contributed by atoms with Gasteiger partial charge in [-0.05, 0) is 61.7 Å². The van der Waals surface area contributed by atoms with E-state index >= 15 is 0 Å². The summed E-state index contributed by atoms with van der Waals surface area (Å²) < 4.78 is 5.33. The highest BCUT2D eigenvalue weighted by Crippen LogP contribution is 2.31. The van der Waals surface area contributed by atoms with E-state index in [9.17, 15) is 0 Å². The third-order valence-corrected chi connectivity index (χ3v) is 6.13. The molecule has 3 heterocycles. The first-order chi connectivity index (χ1) is 15.3. The standard InChI is InChI=1S/C24H24N6O/c25-13-17-2-1-3-20(12-17)23-26-16-27-24(29-23)28-21-6-4-18(5-7-21)19-8-10-30(11-9-19)22-14-31-15-22/h1-7,12,16,19,22H,8-11,14-15H2,(H,26,27,28,29). The van der Waals surface area contributed by atoms with Crippen LogP contribution in [0, 0.1) is 11.3 Å². The number of nitrogens with one attached hydrogen (secondary N) is 1. The van der Waals surface area contributed by atoms with Crippen LogP contribution in [-0.2, 0) is 4.74 Å². The number of ether oxygens (including phenoxy) is 1. The highest BCUT2D eigenvalue weighted by atomic mass is 16.5. The molecule has 0 aliphatic carbocycles. The predicted molar refractivity (Wildman–Crippen MR) is 118 cm³/mol. The van der Waals surface area contributed by atoms with E-state index in [2.05, 4.69) is 55.5 Å². The maximum absolute atomic E-state index is 9.10. The molecule has 2 aliphatic heterocycles. The van der Waals surface area contributed by atoms with Crippen molar-refractivity contribution >= 4 is 11.6 Å². The quantitative estimate of drug-likeness (QED) is 0.683. The molecule has 2 aromatic carbocycles. The topological polar surface area (TPSA) is 87.0 Å². The smallest absolute Gasteiger partial charge is 0.230 e. The Hall–Kier alpha value is -3.34. The second-order valence-corrected chi connectivity index (χ2v) is 8.07. The summed E-state index contributed by atoms with van der Waals surface area (Å²) in [5.74, 6) is 1.63. The van der Waals surface area contributed by atoms with E-state index in [1.54, 1.807) is 12.1 Å². The van der Waals surface area contributed by atoms with Crippen LogP contribution in [-0.4, -0.2) is 52.2 Å². The van der Waals surface area contributed by atoms with Gasteiger partial charge in [0.05, 0.1) is 30.9 Å². The first-order valence-electron chi connectivity index (χ1n) is 10.7. The number of likely N-dealkylation sites (tertiary alicyclic amines) is 1. The molecule has 7 nitrogen and oxygen atoms in total. The molecule has 0 bridgehead atoms. The maximum atomic E-state index is 9.10. The Bertz CT molecular complexity index is 1080. The minimum atomic E-state index is 0.483. The lowest BCUT2D eigenvalue weighted by Gasteiger charge is -2.41. The summed E-state index contributed by atoms with van der Waals surface area (Å²) in [6.45, 7) is 4.10. The molecule has 0 spiro atoms. The minimum Gasteiger partial charge on any atom is -0.378 e. The van der Waals surface area contributed by atoms with Crippen molar-refractivity contribution in [1.29, 1.82) is 5.26 Å². The third kappa shape index (κ3) is 4.41. The molecule has 0 unspecified atom stereocenters. The van der Waals surface area contributed by atoms with Crippen molar-refractivity contribution in [3.8, 4) is 17.5 Å². The van der Waals surface area contributed by atoms with Crippen molar-refractivity contribution in [2.24, 2.45) is 0 Å².